The molecule has 302 valence electrons. The second-order valence-corrected chi connectivity index (χ2v) is 15.8. The topological polar surface area (TPSA) is 164 Å². The van der Waals surface area contributed by atoms with Crippen molar-refractivity contribution >= 4 is 61.4 Å². The molecule has 13 nitrogen and oxygen atoms in total. The summed E-state index contributed by atoms with van der Waals surface area (Å²) in [7, 11) is 2.86. The van der Waals surface area contributed by atoms with Gasteiger partial charge < -0.3 is 41.4 Å². The number of aliphatic imine (C=N–C) groups is 1. The Hall–Kier alpha value is -4.54. The van der Waals surface area contributed by atoms with Gasteiger partial charge in [0.1, 0.15) is 18.2 Å². The SMILES string of the molecule is CCCN(CC1=NCC(c2ccc3sc(-c4ccc5c6c(ccc5c4)NC([C@H](CCCN)C[C@@H](NOCOC)C(C)C)N6)c(F)c3c2)N1)C(=O)CNC(=O)OC. The second-order valence-electron chi connectivity index (χ2n) is 14.8. The predicted molar refractivity (Wildman–Crippen MR) is 222 cm³/mol. The van der Waals surface area contributed by atoms with Gasteiger partial charge in [-0.3, -0.25) is 14.6 Å². The summed E-state index contributed by atoms with van der Waals surface area (Å²) in [5.41, 5.74) is 13.0. The third kappa shape index (κ3) is 9.52. The Kier molecular flexibility index (Phi) is 14.0. The molecule has 1 aromatic heterocycles. The molecule has 0 fully saturated rings. The van der Waals surface area contributed by atoms with Gasteiger partial charge in [-0.1, -0.05) is 45.0 Å². The summed E-state index contributed by atoms with van der Waals surface area (Å²) in [6.45, 7) is 8.29. The fourth-order valence-electron chi connectivity index (χ4n) is 7.47. The summed E-state index contributed by atoms with van der Waals surface area (Å²) in [5.74, 6) is 0.844. The number of amides is 2. The maximum Gasteiger partial charge on any atom is 0.407 e. The van der Waals surface area contributed by atoms with Gasteiger partial charge in [0.2, 0.25) is 5.91 Å². The molecule has 3 heterocycles. The Morgan fingerprint density at radius 3 is 2.68 bits per heavy atom. The summed E-state index contributed by atoms with van der Waals surface area (Å²) in [4.78, 5) is 36.7. The molecule has 2 unspecified atom stereocenters. The highest BCUT2D eigenvalue weighted by molar-refractivity contribution is 7.22. The molecule has 7 N–H and O–H groups in total. The van der Waals surface area contributed by atoms with E-state index in [4.69, 9.17) is 15.3 Å². The van der Waals surface area contributed by atoms with Crippen LogP contribution >= 0.6 is 11.3 Å². The van der Waals surface area contributed by atoms with E-state index >= 15 is 4.39 Å². The quantitative estimate of drug-likeness (QED) is 0.0349. The zero-order chi connectivity index (χ0) is 39.8. The zero-order valence-electron chi connectivity index (χ0n) is 32.9. The smallest absolute Gasteiger partial charge is 0.407 e. The van der Waals surface area contributed by atoms with Crippen molar-refractivity contribution in [2.24, 2.45) is 22.6 Å². The van der Waals surface area contributed by atoms with Crippen LogP contribution < -0.4 is 32.5 Å². The Morgan fingerprint density at radius 1 is 1.09 bits per heavy atom. The van der Waals surface area contributed by atoms with Crippen molar-refractivity contribution in [3.8, 4) is 10.4 Å². The minimum atomic E-state index is -0.657. The Balaban J connectivity index is 1.15. The van der Waals surface area contributed by atoms with Gasteiger partial charge in [0.25, 0.3) is 0 Å². The monoisotopic (exact) mass is 790 g/mol. The summed E-state index contributed by atoms with van der Waals surface area (Å²) < 4.78 is 26.8. The molecule has 4 aromatic rings. The number of hydroxylamine groups is 1. The van der Waals surface area contributed by atoms with Crippen LogP contribution in [0.15, 0.2) is 53.5 Å². The van der Waals surface area contributed by atoms with Crippen molar-refractivity contribution in [1.29, 1.82) is 0 Å². The molecule has 2 amide bonds. The van der Waals surface area contributed by atoms with Crippen LogP contribution in [0.5, 0.6) is 0 Å². The van der Waals surface area contributed by atoms with Crippen LogP contribution in [0.3, 0.4) is 0 Å². The van der Waals surface area contributed by atoms with Crippen molar-refractivity contribution < 1.29 is 28.3 Å². The number of nitrogens with zero attached hydrogens (tertiary/aromatic N) is 2. The van der Waals surface area contributed by atoms with Gasteiger partial charge in [0, 0.05) is 35.2 Å². The standard InChI is InChI=1S/C41H55FN8O5S/c1-6-16-50(36(51)21-45-41(52)54-5)22-35-44-20-33(46-35)26-11-14-34-30(18-26)37(42)39(56-34)27-9-12-29-25(17-27)10-13-31-38(29)48-40(47-31)28(8-7-15-43)19-32(24(2)3)49-55-23-53-4/h9-14,17-18,24,28,32-33,40,47-49H,6-8,15-16,19-23,43H2,1-5H3,(H,44,46)(H,45,52)/t28-,32-,33?,40?/m1/s1. The molecule has 0 spiro atoms. The molecule has 0 radical (unpaired) electrons. The fraction of sp³-hybridized carbons (Fsp3) is 0.488. The molecule has 2 aliphatic rings. The number of ether oxygens (including phenoxy) is 2. The largest absolute Gasteiger partial charge is 0.453 e. The number of alkyl carbamates (subject to hydrolysis) is 1. The number of fused-ring (bicyclic) bond motifs is 4. The van der Waals surface area contributed by atoms with E-state index in [1.165, 1.54) is 18.4 Å². The van der Waals surface area contributed by atoms with Crippen LogP contribution in [0, 0.1) is 17.7 Å². The number of hydrogen-bond donors (Lipinski definition) is 6. The lowest BCUT2D eigenvalue weighted by molar-refractivity contribution is -0.129. The number of nitrogens with one attached hydrogen (secondary N) is 5. The van der Waals surface area contributed by atoms with E-state index < -0.39 is 6.09 Å². The molecule has 4 atom stereocenters. The van der Waals surface area contributed by atoms with E-state index in [-0.39, 0.29) is 49.2 Å². The highest BCUT2D eigenvalue weighted by Crippen LogP contribution is 2.43. The van der Waals surface area contributed by atoms with Crippen LogP contribution in [0.1, 0.15) is 58.1 Å². The van der Waals surface area contributed by atoms with E-state index in [1.54, 1.807) is 12.0 Å². The third-order valence-corrected chi connectivity index (χ3v) is 11.7. The molecule has 0 saturated heterocycles. The van der Waals surface area contributed by atoms with E-state index in [0.29, 0.717) is 48.2 Å². The molecule has 0 saturated carbocycles. The molecule has 6 rings (SSSR count). The first kappa shape index (κ1) is 41.1. The van der Waals surface area contributed by atoms with E-state index in [2.05, 4.69) is 74.6 Å². The van der Waals surface area contributed by atoms with E-state index in [9.17, 15) is 9.59 Å². The maximum absolute atomic E-state index is 16.3. The maximum atomic E-state index is 16.3. The number of thiophene rings is 1. The van der Waals surface area contributed by atoms with E-state index in [0.717, 1.165) is 63.7 Å². The number of hydrogen-bond acceptors (Lipinski definition) is 12. The minimum Gasteiger partial charge on any atom is -0.453 e. The average Bonchev–Trinajstić information content (AvgIpc) is 3.94. The average molecular weight is 791 g/mol. The first-order chi connectivity index (χ1) is 27.1. The van der Waals surface area contributed by atoms with Crippen molar-refractivity contribution in [2.45, 2.75) is 64.7 Å². The second kappa shape index (κ2) is 19.1. The molecule has 2 aliphatic heterocycles. The fourth-order valence-corrected chi connectivity index (χ4v) is 8.52. The Morgan fingerprint density at radius 2 is 1.93 bits per heavy atom. The number of carbonyl (C=O) groups is 2. The number of anilines is 2. The third-order valence-electron chi connectivity index (χ3n) is 10.5. The lowest BCUT2D eigenvalue weighted by Gasteiger charge is -2.31. The van der Waals surface area contributed by atoms with Gasteiger partial charge in [-0.2, -0.15) is 5.48 Å². The van der Waals surface area contributed by atoms with Gasteiger partial charge in [-0.25, -0.2) is 9.18 Å². The zero-order valence-corrected chi connectivity index (χ0v) is 33.7. The Labute approximate surface area is 331 Å². The van der Waals surface area contributed by atoms with Crippen LogP contribution in [0.25, 0.3) is 31.3 Å². The molecule has 56 heavy (non-hydrogen) atoms. The predicted octanol–water partition coefficient (Wildman–Crippen LogP) is 6.56. The molecule has 3 aromatic carbocycles. The molecule has 0 bridgehead atoms. The highest BCUT2D eigenvalue weighted by Gasteiger charge is 2.32. The number of methoxy groups -OCH3 is 2. The highest BCUT2D eigenvalue weighted by atomic mass is 32.1. The number of amidine groups is 1. The van der Waals surface area contributed by atoms with Gasteiger partial charge in [-0.05, 0) is 84.8 Å². The van der Waals surface area contributed by atoms with Crippen molar-refractivity contribution in [3.05, 3.63) is 59.9 Å². The first-order valence-corrected chi connectivity index (χ1v) is 20.2. The van der Waals surface area contributed by atoms with Gasteiger partial charge in [0.05, 0.1) is 48.7 Å². The van der Waals surface area contributed by atoms with Gasteiger partial charge >= 0.3 is 6.09 Å². The molecular weight excluding hydrogens is 736 g/mol. The van der Waals surface area contributed by atoms with Crippen LogP contribution in [-0.2, 0) is 19.1 Å². The van der Waals surface area contributed by atoms with Crippen LogP contribution in [-0.4, -0.2) is 88.7 Å². The van der Waals surface area contributed by atoms with Crippen molar-refractivity contribution in [1.82, 2.24) is 21.0 Å². The van der Waals surface area contributed by atoms with Crippen molar-refractivity contribution in [3.63, 3.8) is 0 Å². The Bertz CT molecular complexity index is 2020. The molecular formula is C41H55FN8O5S. The summed E-state index contributed by atoms with van der Waals surface area (Å²) in [6, 6.07) is 16.2. The van der Waals surface area contributed by atoms with Crippen LogP contribution in [0.2, 0.25) is 0 Å². The number of carbonyl (C=O) groups excluding carboxylic acids is 2. The minimum absolute atomic E-state index is 0.0190. The number of halogens is 1. The van der Waals surface area contributed by atoms with Gasteiger partial charge in [-0.15, -0.1) is 11.3 Å². The summed E-state index contributed by atoms with van der Waals surface area (Å²) in [6.07, 6.45) is 2.88. The van der Waals surface area contributed by atoms with E-state index in [1.807, 2.05) is 31.2 Å². The summed E-state index contributed by atoms with van der Waals surface area (Å²) in [5, 5.41) is 16.1. The number of rotatable bonds is 19. The number of nitrogens with two attached hydrogens (primary N) is 1. The first-order valence-electron chi connectivity index (χ1n) is 19.4. The molecule has 15 heteroatoms. The lowest BCUT2D eigenvalue weighted by Crippen LogP contribution is -2.44. The normalized spacial score (nSPS) is 17.2. The number of benzene rings is 3. The summed E-state index contributed by atoms with van der Waals surface area (Å²) >= 11 is 1.45. The lowest BCUT2D eigenvalue weighted by atomic mass is 9.88. The molecule has 0 aliphatic carbocycles. The van der Waals surface area contributed by atoms with Gasteiger partial charge in [0.15, 0.2) is 6.79 Å². The van der Waals surface area contributed by atoms with Crippen molar-refractivity contribution in [2.75, 3.05) is 64.4 Å². The van der Waals surface area contributed by atoms with Crippen LogP contribution in [0.4, 0.5) is 20.6 Å².